The van der Waals surface area contributed by atoms with E-state index in [1.54, 1.807) is 7.11 Å². The highest BCUT2D eigenvalue weighted by molar-refractivity contribution is 5.63. The highest BCUT2D eigenvalue weighted by Gasteiger charge is 2.27. The molecule has 4 heterocycles. The SMILES string of the molecule is COc1ccc(C)cc1CN1CCC[C@H](c2nn(C)cc2-c2ccnc(N3CCCC3)n2)C1. The molecular formula is C26H34N6O. The first-order chi connectivity index (χ1) is 16.1. The van der Waals surface area contributed by atoms with Crippen LogP contribution in [0.25, 0.3) is 11.3 Å². The monoisotopic (exact) mass is 446 g/mol. The zero-order valence-electron chi connectivity index (χ0n) is 20.0. The molecule has 7 heteroatoms. The first-order valence-electron chi connectivity index (χ1n) is 12.1. The number of anilines is 1. The van der Waals surface area contributed by atoms with Gasteiger partial charge in [-0.2, -0.15) is 5.10 Å². The molecule has 174 valence electrons. The lowest BCUT2D eigenvalue weighted by Crippen LogP contribution is -2.34. The minimum absolute atomic E-state index is 0.385. The van der Waals surface area contributed by atoms with E-state index in [1.807, 2.05) is 24.0 Å². The zero-order valence-corrected chi connectivity index (χ0v) is 20.0. The van der Waals surface area contributed by atoms with Crippen LogP contribution in [0.1, 0.15) is 48.4 Å². The first kappa shape index (κ1) is 21.9. The molecule has 0 N–H and O–H groups in total. The fourth-order valence-corrected chi connectivity index (χ4v) is 5.27. The average Bonchev–Trinajstić information content (AvgIpc) is 3.50. The number of aryl methyl sites for hydroxylation is 2. The predicted molar refractivity (Wildman–Crippen MR) is 131 cm³/mol. The van der Waals surface area contributed by atoms with Crippen molar-refractivity contribution in [3.05, 3.63) is 53.5 Å². The van der Waals surface area contributed by atoms with Crippen LogP contribution in [-0.4, -0.2) is 57.9 Å². The van der Waals surface area contributed by atoms with Gasteiger partial charge in [0, 0.05) is 62.7 Å². The number of aromatic nitrogens is 4. The number of piperidine rings is 1. The van der Waals surface area contributed by atoms with E-state index >= 15 is 0 Å². The first-order valence-corrected chi connectivity index (χ1v) is 12.1. The third-order valence-electron chi connectivity index (χ3n) is 6.89. The summed E-state index contributed by atoms with van der Waals surface area (Å²) in [6.07, 6.45) is 8.76. The summed E-state index contributed by atoms with van der Waals surface area (Å²) in [5.41, 5.74) is 5.80. The molecular weight excluding hydrogens is 412 g/mol. The average molecular weight is 447 g/mol. The highest BCUT2D eigenvalue weighted by atomic mass is 16.5. The summed E-state index contributed by atoms with van der Waals surface area (Å²) in [5.74, 6) is 2.20. The number of benzene rings is 1. The summed E-state index contributed by atoms with van der Waals surface area (Å²) in [7, 11) is 3.76. The molecule has 0 unspecified atom stereocenters. The minimum Gasteiger partial charge on any atom is -0.496 e. The van der Waals surface area contributed by atoms with Gasteiger partial charge in [-0.25, -0.2) is 9.97 Å². The van der Waals surface area contributed by atoms with Gasteiger partial charge < -0.3 is 9.64 Å². The van der Waals surface area contributed by atoms with Gasteiger partial charge in [-0.15, -0.1) is 0 Å². The van der Waals surface area contributed by atoms with Gasteiger partial charge in [-0.3, -0.25) is 9.58 Å². The van der Waals surface area contributed by atoms with E-state index in [2.05, 4.69) is 46.1 Å². The second-order valence-electron chi connectivity index (χ2n) is 9.43. The van der Waals surface area contributed by atoms with Crippen LogP contribution in [0, 0.1) is 6.92 Å². The molecule has 1 aromatic carbocycles. The topological polar surface area (TPSA) is 59.3 Å². The summed E-state index contributed by atoms with van der Waals surface area (Å²) < 4.78 is 7.56. The molecule has 2 aromatic heterocycles. The van der Waals surface area contributed by atoms with Gasteiger partial charge in [0.05, 0.1) is 18.5 Å². The summed E-state index contributed by atoms with van der Waals surface area (Å²) in [4.78, 5) is 14.3. The van der Waals surface area contributed by atoms with E-state index in [-0.39, 0.29) is 0 Å². The highest BCUT2D eigenvalue weighted by Crippen LogP contribution is 2.34. The Hall–Kier alpha value is -2.93. The maximum absolute atomic E-state index is 5.63. The van der Waals surface area contributed by atoms with Crippen LogP contribution in [0.3, 0.4) is 0 Å². The molecule has 0 saturated carbocycles. The Labute approximate surface area is 196 Å². The van der Waals surface area contributed by atoms with Gasteiger partial charge >= 0.3 is 0 Å². The maximum Gasteiger partial charge on any atom is 0.225 e. The third kappa shape index (κ3) is 4.74. The summed E-state index contributed by atoms with van der Waals surface area (Å²) in [5, 5.41) is 4.92. The van der Waals surface area contributed by atoms with Crippen LogP contribution in [0.15, 0.2) is 36.7 Å². The molecule has 0 radical (unpaired) electrons. The van der Waals surface area contributed by atoms with E-state index < -0.39 is 0 Å². The molecule has 3 aromatic rings. The standard InChI is InChI=1S/C26H34N6O/c1-19-8-9-24(33-3)21(15-19)17-31-12-6-7-20(16-31)25-22(18-30(2)29-25)23-10-11-27-26(28-23)32-13-4-5-14-32/h8-11,15,18,20H,4-7,12-14,16-17H2,1-3H3/t20-/m0/s1. The van der Waals surface area contributed by atoms with E-state index in [9.17, 15) is 0 Å². The van der Waals surface area contributed by atoms with Crippen LogP contribution in [0.4, 0.5) is 5.95 Å². The molecule has 1 atom stereocenters. The van der Waals surface area contributed by atoms with E-state index in [0.29, 0.717) is 5.92 Å². The van der Waals surface area contributed by atoms with E-state index in [4.69, 9.17) is 14.8 Å². The normalized spacial score (nSPS) is 19.2. The fraction of sp³-hybridized carbons (Fsp3) is 0.500. The van der Waals surface area contributed by atoms with Crippen LogP contribution >= 0.6 is 0 Å². The van der Waals surface area contributed by atoms with Gasteiger partial charge in [0.25, 0.3) is 0 Å². The van der Waals surface area contributed by atoms with Crippen LogP contribution in [0.2, 0.25) is 0 Å². The third-order valence-corrected chi connectivity index (χ3v) is 6.89. The van der Waals surface area contributed by atoms with Gasteiger partial charge in [-0.05, 0) is 51.3 Å². The lowest BCUT2D eigenvalue weighted by atomic mass is 9.91. The Bertz CT molecular complexity index is 1100. The second kappa shape index (κ2) is 9.51. The van der Waals surface area contributed by atoms with Crippen molar-refractivity contribution in [1.82, 2.24) is 24.6 Å². The Morgan fingerprint density at radius 3 is 2.76 bits per heavy atom. The number of methoxy groups -OCH3 is 1. The smallest absolute Gasteiger partial charge is 0.225 e. The van der Waals surface area contributed by atoms with Crippen molar-refractivity contribution in [1.29, 1.82) is 0 Å². The van der Waals surface area contributed by atoms with Crippen molar-refractivity contribution < 1.29 is 4.74 Å². The summed E-state index contributed by atoms with van der Waals surface area (Å²) in [6, 6.07) is 8.46. The van der Waals surface area contributed by atoms with Crippen LogP contribution < -0.4 is 9.64 Å². The van der Waals surface area contributed by atoms with Crippen molar-refractivity contribution in [3.8, 4) is 17.0 Å². The van der Waals surface area contributed by atoms with Crippen LogP contribution in [-0.2, 0) is 13.6 Å². The molecule has 5 rings (SSSR count). The van der Waals surface area contributed by atoms with E-state index in [0.717, 1.165) is 74.2 Å². The minimum atomic E-state index is 0.385. The van der Waals surface area contributed by atoms with Crippen LogP contribution in [0.5, 0.6) is 5.75 Å². The number of rotatable bonds is 6. The molecule has 2 fully saturated rings. The molecule has 33 heavy (non-hydrogen) atoms. The van der Waals surface area contributed by atoms with Crippen molar-refractivity contribution in [2.45, 2.75) is 45.1 Å². The van der Waals surface area contributed by atoms with Crippen molar-refractivity contribution in [2.24, 2.45) is 7.05 Å². The lowest BCUT2D eigenvalue weighted by molar-refractivity contribution is 0.196. The van der Waals surface area contributed by atoms with Crippen molar-refractivity contribution in [2.75, 3.05) is 38.2 Å². The number of nitrogens with zero attached hydrogens (tertiary/aromatic N) is 6. The molecule has 0 aliphatic carbocycles. The summed E-state index contributed by atoms with van der Waals surface area (Å²) >= 11 is 0. The van der Waals surface area contributed by atoms with Crippen molar-refractivity contribution in [3.63, 3.8) is 0 Å². The Morgan fingerprint density at radius 1 is 1.09 bits per heavy atom. The number of ether oxygens (including phenoxy) is 1. The molecule has 2 aliphatic heterocycles. The number of hydrogen-bond donors (Lipinski definition) is 0. The van der Waals surface area contributed by atoms with Crippen molar-refractivity contribution >= 4 is 5.95 Å². The fourth-order valence-electron chi connectivity index (χ4n) is 5.27. The van der Waals surface area contributed by atoms with Gasteiger partial charge in [0.2, 0.25) is 5.95 Å². The Balaban J connectivity index is 1.38. The molecule has 0 spiro atoms. The maximum atomic E-state index is 5.63. The zero-order chi connectivity index (χ0) is 22.8. The van der Waals surface area contributed by atoms with Gasteiger partial charge in [0.1, 0.15) is 5.75 Å². The molecule has 0 bridgehead atoms. The van der Waals surface area contributed by atoms with E-state index in [1.165, 1.54) is 24.0 Å². The molecule has 7 nitrogen and oxygen atoms in total. The van der Waals surface area contributed by atoms with Gasteiger partial charge in [-0.1, -0.05) is 17.7 Å². The Morgan fingerprint density at radius 2 is 1.94 bits per heavy atom. The quantitative estimate of drug-likeness (QED) is 0.566. The Kier molecular flexibility index (Phi) is 6.31. The predicted octanol–water partition coefficient (Wildman–Crippen LogP) is 4.17. The molecule has 2 aliphatic rings. The van der Waals surface area contributed by atoms with Gasteiger partial charge in [0.15, 0.2) is 0 Å². The second-order valence-corrected chi connectivity index (χ2v) is 9.43. The summed E-state index contributed by atoms with van der Waals surface area (Å²) in [6.45, 7) is 7.22. The number of hydrogen-bond acceptors (Lipinski definition) is 6. The number of likely N-dealkylation sites (tertiary alicyclic amines) is 1. The lowest BCUT2D eigenvalue weighted by Gasteiger charge is -2.32. The largest absolute Gasteiger partial charge is 0.496 e. The molecule has 0 amide bonds. The molecule has 2 saturated heterocycles.